The molecule has 3 N–H and O–H groups in total. The molecule has 2 amide bonds. The number of hydrogen-bond donors (Lipinski definition) is 3. The van der Waals surface area contributed by atoms with Gasteiger partial charge in [0, 0.05) is 44.7 Å². The van der Waals surface area contributed by atoms with Crippen LogP contribution < -0.4 is 20.7 Å². The van der Waals surface area contributed by atoms with Gasteiger partial charge in [-0.05, 0) is 87.6 Å². The first-order valence-corrected chi connectivity index (χ1v) is 17.0. The van der Waals surface area contributed by atoms with E-state index in [1.54, 1.807) is 18.2 Å². The lowest BCUT2D eigenvalue weighted by atomic mass is 9.79. The van der Waals surface area contributed by atoms with E-state index >= 15 is 0 Å². The Labute approximate surface area is 293 Å². The topological polar surface area (TPSA) is 79.5 Å². The Bertz CT molecular complexity index is 1700. The molecule has 1 heterocycles. The molecule has 1 aliphatic rings. The zero-order chi connectivity index (χ0) is 34.3. The highest BCUT2D eigenvalue weighted by atomic mass is 35.5. The summed E-state index contributed by atoms with van der Waals surface area (Å²) in [6.45, 7) is 8.82. The van der Waals surface area contributed by atoms with Crippen molar-refractivity contribution in [1.29, 1.82) is 0 Å². The molecule has 1 saturated heterocycles. The molecule has 6 nitrogen and oxygen atoms in total. The Kier molecular flexibility index (Phi) is 11.3. The molecule has 0 spiro atoms. The highest BCUT2D eigenvalue weighted by molar-refractivity contribution is 6.36. The van der Waals surface area contributed by atoms with E-state index in [1.807, 2.05) is 91.0 Å². The van der Waals surface area contributed by atoms with Gasteiger partial charge in [0.1, 0.15) is 18.4 Å². The first-order valence-electron chi connectivity index (χ1n) is 16.2. The second-order valence-corrected chi connectivity index (χ2v) is 14.5. The van der Waals surface area contributed by atoms with Crippen molar-refractivity contribution in [1.82, 2.24) is 16.0 Å². The summed E-state index contributed by atoms with van der Waals surface area (Å²) in [5.41, 5.74) is 3.42. The molecule has 0 aliphatic carbocycles. The first-order chi connectivity index (χ1) is 22.9. The summed E-state index contributed by atoms with van der Waals surface area (Å²) in [6, 6.07) is 31.2. The zero-order valence-electron chi connectivity index (χ0n) is 27.9. The number of carbonyl (C=O) groups excluding carboxylic acids is 2. The van der Waals surface area contributed by atoms with Crippen molar-refractivity contribution < 1.29 is 14.3 Å². The molecule has 4 aromatic carbocycles. The van der Waals surface area contributed by atoms with Gasteiger partial charge in [-0.25, -0.2) is 0 Å². The lowest BCUT2D eigenvalue weighted by molar-refractivity contribution is -0.127. The molecule has 250 valence electrons. The summed E-state index contributed by atoms with van der Waals surface area (Å²) >= 11 is 12.6. The van der Waals surface area contributed by atoms with Gasteiger partial charge in [-0.1, -0.05) is 102 Å². The summed E-state index contributed by atoms with van der Waals surface area (Å²) in [6.07, 6.45) is 3.69. The van der Waals surface area contributed by atoms with Crippen molar-refractivity contribution in [2.24, 2.45) is 0 Å². The molecule has 0 bridgehead atoms. The number of ether oxygens (including phenoxy) is 1. The van der Waals surface area contributed by atoms with Crippen LogP contribution in [0.1, 0.15) is 62.8 Å². The van der Waals surface area contributed by atoms with Crippen molar-refractivity contribution in [2.45, 2.75) is 76.7 Å². The zero-order valence-corrected chi connectivity index (χ0v) is 29.4. The molecule has 0 unspecified atom stereocenters. The fraction of sp³-hybridized carbons (Fsp3) is 0.300. The number of piperidine rings is 1. The van der Waals surface area contributed by atoms with Gasteiger partial charge in [-0.15, -0.1) is 0 Å². The normalized spacial score (nSPS) is 16.5. The molecule has 8 heteroatoms. The Hall–Kier alpha value is -4.10. The highest BCUT2D eigenvalue weighted by Gasteiger charge is 2.39. The Morgan fingerprint density at radius 2 is 1.42 bits per heavy atom. The van der Waals surface area contributed by atoms with E-state index in [4.69, 9.17) is 27.9 Å². The Morgan fingerprint density at radius 1 is 0.833 bits per heavy atom. The molecular formula is C40H43Cl2N3O3. The van der Waals surface area contributed by atoms with Crippen molar-refractivity contribution >= 4 is 46.7 Å². The van der Waals surface area contributed by atoms with Gasteiger partial charge in [0.2, 0.25) is 5.91 Å². The molecular weight excluding hydrogens is 641 g/mol. The third-order valence-corrected chi connectivity index (χ3v) is 9.11. The molecule has 0 saturated carbocycles. The van der Waals surface area contributed by atoms with Gasteiger partial charge < -0.3 is 20.7 Å². The van der Waals surface area contributed by atoms with E-state index in [0.717, 1.165) is 29.5 Å². The molecule has 0 radical (unpaired) electrons. The number of amides is 2. The van der Waals surface area contributed by atoms with Gasteiger partial charge in [0.25, 0.3) is 5.91 Å². The molecule has 1 aliphatic heterocycles. The first kappa shape index (κ1) is 35.2. The van der Waals surface area contributed by atoms with E-state index in [-0.39, 0.29) is 35.5 Å². The fourth-order valence-corrected chi connectivity index (χ4v) is 7.07. The van der Waals surface area contributed by atoms with Crippen LogP contribution in [0.3, 0.4) is 0 Å². The number of benzene rings is 4. The van der Waals surface area contributed by atoms with Gasteiger partial charge in [-0.3, -0.25) is 9.59 Å². The summed E-state index contributed by atoms with van der Waals surface area (Å²) in [5.74, 6) is 0.0894. The van der Waals surface area contributed by atoms with Crippen LogP contribution in [0.25, 0.3) is 11.6 Å². The van der Waals surface area contributed by atoms with Crippen LogP contribution in [0.2, 0.25) is 10.0 Å². The van der Waals surface area contributed by atoms with E-state index in [9.17, 15) is 9.59 Å². The van der Waals surface area contributed by atoms with E-state index in [0.29, 0.717) is 33.4 Å². The number of hydrogen-bond acceptors (Lipinski definition) is 4. The molecule has 0 aromatic heterocycles. The number of nitrogens with one attached hydrogen (secondary N) is 3. The van der Waals surface area contributed by atoms with Crippen molar-refractivity contribution in [3.05, 3.63) is 135 Å². The van der Waals surface area contributed by atoms with Crippen LogP contribution in [0.4, 0.5) is 0 Å². The molecule has 1 atom stereocenters. The number of carbonyl (C=O) groups is 2. The van der Waals surface area contributed by atoms with Gasteiger partial charge in [0.05, 0.1) is 0 Å². The lowest BCUT2D eigenvalue weighted by Gasteiger charge is -2.46. The second-order valence-electron chi connectivity index (χ2n) is 13.7. The van der Waals surface area contributed by atoms with Crippen molar-refractivity contribution in [3.63, 3.8) is 0 Å². The van der Waals surface area contributed by atoms with Crippen LogP contribution in [0.5, 0.6) is 5.75 Å². The van der Waals surface area contributed by atoms with Crippen LogP contribution >= 0.6 is 23.2 Å². The number of halogens is 2. The summed E-state index contributed by atoms with van der Waals surface area (Å²) < 4.78 is 5.97. The quantitative estimate of drug-likeness (QED) is 0.110. The fourth-order valence-electron chi connectivity index (χ4n) is 6.57. The SMILES string of the molecule is CC1(C)CC(NC(=O)[C@H](Cc2ccc(OCc3c(Cl)cccc3Cl)cc2)NC(=O)/C(=C\c2ccccc2)c2ccccc2)CC(C)(C)N1. The van der Waals surface area contributed by atoms with Crippen molar-refractivity contribution in [3.8, 4) is 5.75 Å². The molecule has 5 rings (SSSR count). The van der Waals surface area contributed by atoms with Crippen LogP contribution in [-0.4, -0.2) is 35.0 Å². The van der Waals surface area contributed by atoms with Gasteiger partial charge in [0.15, 0.2) is 0 Å². The summed E-state index contributed by atoms with van der Waals surface area (Å²) in [5, 5.41) is 11.1. The van der Waals surface area contributed by atoms with Crippen LogP contribution in [0, 0.1) is 0 Å². The summed E-state index contributed by atoms with van der Waals surface area (Å²) in [4.78, 5) is 28.1. The minimum atomic E-state index is -0.824. The minimum Gasteiger partial charge on any atom is -0.489 e. The Morgan fingerprint density at radius 3 is 2.02 bits per heavy atom. The molecule has 48 heavy (non-hydrogen) atoms. The largest absolute Gasteiger partial charge is 0.489 e. The van der Waals surface area contributed by atoms with E-state index in [2.05, 4.69) is 43.6 Å². The average molecular weight is 685 g/mol. The standard InChI is InChI=1S/C40H43Cl2N3O3/c1-39(2)24-30(25-40(3,4)45-39)43-38(47)36(23-28-18-20-31(21-19-28)48-26-33-34(41)16-11-17-35(33)42)44-37(46)32(29-14-9-6-10-15-29)22-27-12-7-5-8-13-27/h5-22,30,36,45H,23-26H2,1-4H3,(H,43,47)(H,44,46)/b32-22-/t36-/m0/s1. The average Bonchev–Trinajstić information content (AvgIpc) is 3.03. The monoisotopic (exact) mass is 683 g/mol. The predicted octanol–water partition coefficient (Wildman–Crippen LogP) is 8.27. The molecule has 1 fully saturated rings. The molecule has 4 aromatic rings. The smallest absolute Gasteiger partial charge is 0.252 e. The lowest BCUT2D eigenvalue weighted by Crippen LogP contribution is -2.63. The van der Waals surface area contributed by atoms with Crippen molar-refractivity contribution in [2.75, 3.05) is 0 Å². The van der Waals surface area contributed by atoms with Gasteiger partial charge in [-0.2, -0.15) is 0 Å². The van der Waals surface area contributed by atoms with E-state index < -0.39 is 6.04 Å². The number of rotatable bonds is 11. The maximum atomic E-state index is 14.1. The second kappa shape index (κ2) is 15.4. The third kappa shape index (κ3) is 9.72. The maximum Gasteiger partial charge on any atom is 0.252 e. The minimum absolute atomic E-state index is 0.0518. The third-order valence-electron chi connectivity index (χ3n) is 8.41. The maximum absolute atomic E-state index is 14.1. The summed E-state index contributed by atoms with van der Waals surface area (Å²) in [7, 11) is 0. The van der Waals surface area contributed by atoms with E-state index in [1.165, 1.54) is 0 Å². The van der Waals surface area contributed by atoms with Gasteiger partial charge >= 0.3 is 0 Å². The predicted molar refractivity (Wildman–Crippen MR) is 196 cm³/mol. The Balaban J connectivity index is 1.38. The van der Waals surface area contributed by atoms with Crippen LogP contribution in [0.15, 0.2) is 103 Å². The van der Waals surface area contributed by atoms with Crippen LogP contribution in [-0.2, 0) is 22.6 Å². The highest BCUT2D eigenvalue weighted by Crippen LogP contribution is 2.29.